The summed E-state index contributed by atoms with van der Waals surface area (Å²) in [7, 11) is 1.47. The van der Waals surface area contributed by atoms with Gasteiger partial charge in [0.05, 0.1) is 50.6 Å². The van der Waals surface area contributed by atoms with Crippen LogP contribution in [0.2, 0.25) is 0 Å². The minimum absolute atomic E-state index is 0.0133. The number of rotatable bonds is 9. The number of benzene rings is 2. The molecule has 0 aliphatic heterocycles. The summed E-state index contributed by atoms with van der Waals surface area (Å²) in [6.45, 7) is 3.08. The van der Waals surface area contributed by atoms with Gasteiger partial charge >= 0.3 is 5.97 Å². The smallest absolute Gasteiger partial charge is 0.340 e. The molecule has 0 spiro atoms. The fourth-order valence-corrected chi connectivity index (χ4v) is 4.16. The van der Waals surface area contributed by atoms with E-state index >= 15 is 0 Å². The molecule has 32 heavy (non-hydrogen) atoms. The van der Waals surface area contributed by atoms with E-state index in [-0.39, 0.29) is 27.6 Å². The molecule has 2 rings (SSSR count). The lowest BCUT2D eigenvalue weighted by molar-refractivity contribution is -0.117. The first-order valence-electron chi connectivity index (χ1n) is 9.40. The van der Waals surface area contributed by atoms with Crippen LogP contribution in [0.4, 0.5) is 5.69 Å². The molecule has 0 unspecified atom stereocenters. The molecule has 2 aromatic rings. The zero-order valence-electron chi connectivity index (χ0n) is 18.6. The van der Waals surface area contributed by atoms with Gasteiger partial charge in [0.2, 0.25) is 15.9 Å². The molecule has 0 aliphatic carbocycles. The molecule has 1 atom stereocenters. The van der Waals surface area contributed by atoms with Crippen molar-refractivity contribution in [1.29, 1.82) is 0 Å². The maximum atomic E-state index is 12.7. The number of carbonyl (C=O) groups excluding carboxylic acids is 2. The SMILES string of the molecule is COC(=O)c1cc(OC)c(OC)cc1NC(=O)[C@H](C)NS(=O)(=O)c1ccc(OC)c(C)c1. The van der Waals surface area contributed by atoms with Crippen LogP contribution in [0, 0.1) is 6.92 Å². The van der Waals surface area contributed by atoms with E-state index in [1.54, 1.807) is 6.92 Å². The van der Waals surface area contributed by atoms with Gasteiger partial charge in [0.1, 0.15) is 5.75 Å². The Kier molecular flexibility index (Phi) is 8.06. The van der Waals surface area contributed by atoms with E-state index in [2.05, 4.69) is 10.0 Å². The topological polar surface area (TPSA) is 129 Å². The predicted octanol–water partition coefficient (Wildman–Crippen LogP) is 2.11. The Hall–Kier alpha value is -3.31. The molecule has 1 amide bonds. The highest BCUT2D eigenvalue weighted by Crippen LogP contribution is 2.34. The van der Waals surface area contributed by atoms with Crippen molar-refractivity contribution in [1.82, 2.24) is 4.72 Å². The van der Waals surface area contributed by atoms with E-state index in [1.807, 2.05) is 0 Å². The second-order valence-electron chi connectivity index (χ2n) is 6.71. The molecule has 0 fully saturated rings. The van der Waals surface area contributed by atoms with Crippen LogP contribution < -0.4 is 24.2 Å². The largest absolute Gasteiger partial charge is 0.496 e. The van der Waals surface area contributed by atoms with Crippen molar-refractivity contribution in [3.05, 3.63) is 41.5 Å². The molecule has 2 aromatic carbocycles. The number of ether oxygens (including phenoxy) is 4. The average Bonchev–Trinajstić information content (AvgIpc) is 2.77. The predicted molar refractivity (Wildman–Crippen MR) is 117 cm³/mol. The number of anilines is 1. The van der Waals surface area contributed by atoms with Gasteiger partial charge in [-0.25, -0.2) is 13.2 Å². The molecule has 0 heterocycles. The van der Waals surface area contributed by atoms with Crippen LogP contribution in [-0.4, -0.2) is 54.8 Å². The van der Waals surface area contributed by atoms with E-state index in [4.69, 9.17) is 18.9 Å². The number of aryl methyl sites for hydroxylation is 1. The molecular weight excluding hydrogens is 440 g/mol. The fraction of sp³-hybridized carbons (Fsp3) is 0.333. The van der Waals surface area contributed by atoms with Crippen LogP contribution in [0.3, 0.4) is 0 Å². The van der Waals surface area contributed by atoms with Gasteiger partial charge in [-0.2, -0.15) is 4.72 Å². The highest BCUT2D eigenvalue weighted by atomic mass is 32.2. The zero-order valence-corrected chi connectivity index (χ0v) is 19.5. The van der Waals surface area contributed by atoms with Crippen LogP contribution >= 0.6 is 0 Å². The Morgan fingerprint density at radius 1 is 0.906 bits per heavy atom. The van der Waals surface area contributed by atoms with Gasteiger partial charge in [0.25, 0.3) is 0 Å². The van der Waals surface area contributed by atoms with Crippen molar-refractivity contribution in [2.75, 3.05) is 33.8 Å². The maximum Gasteiger partial charge on any atom is 0.340 e. The second-order valence-corrected chi connectivity index (χ2v) is 8.42. The molecular formula is C21H26N2O8S. The lowest BCUT2D eigenvalue weighted by atomic mass is 10.1. The second kappa shape index (κ2) is 10.3. The third-order valence-corrected chi connectivity index (χ3v) is 6.13. The van der Waals surface area contributed by atoms with Gasteiger partial charge in [-0.15, -0.1) is 0 Å². The molecule has 0 radical (unpaired) electrons. The van der Waals surface area contributed by atoms with Crippen molar-refractivity contribution in [3.8, 4) is 17.2 Å². The molecule has 0 bridgehead atoms. The van der Waals surface area contributed by atoms with Crippen LogP contribution in [0.5, 0.6) is 17.2 Å². The summed E-state index contributed by atoms with van der Waals surface area (Å²) in [5.74, 6) is -0.357. The fourth-order valence-electron chi connectivity index (χ4n) is 2.87. The number of sulfonamides is 1. The first-order valence-corrected chi connectivity index (χ1v) is 10.9. The van der Waals surface area contributed by atoms with E-state index in [0.29, 0.717) is 11.3 Å². The molecule has 0 saturated heterocycles. The molecule has 2 N–H and O–H groups in total. The highest BCUT2D eigenvalue weighted by Gasteiger charge is 2.25. The van der Waals surface area contributed by atoms with Crippen LogP contribution in [0.1, 0.15) is 22.8 Å². The minimum Gasteiger partial charge on any atom is -0.496 e. The van der Waals surface area contributed by atoms with Crippen LogP contribution in [0.15, 0.2) is 35.2 Å². The van der Waals surface area contributed by atoms with E-state index in [0.717, 1.165) is 0 Å². The summed E-state index contributed by atoms with van der Waals surface area (Å²) in [5, 5.41) is 2.53. The minimum atomic E-state index is -4.00. The highest BCUT2D eigenvalue weighted by molar-refractivity contribution is 7.89. The molecule has 10 nitrogen and oxygen atoms in total. The first kappa shape index (κ1) is 25.0. The number of hydrogen-bond acceptors (Lipinski definition) is 8. The number of carbonyl (C=O) groups is 2. The quantitative estimate of drug-likeness (QED) is 0.538. The average molecular weight is 467 g/mol. The van der Waals surface area contributed by atoms with Gasteiger partial charge in [0.15, 0.2) is 11.5 Å². The summed E-state index contributed by atoms with van der Waals surface area (Å²) >= 11 is 0. The van der Waals surface area contributed by atoms with Crippen molar-refractivity contribution in [2.45, 2.75) is 24.8 Å². The van der Waals surface area contributed by atoms with E-state index in [9.17, 15) is 18.0 Å². The first-order chi connectivity index (χ1) is 15.1. The monoisotopic (exact) mass is 466 g/mol. The van der Waals surface area contributed by atoms with Gasteiger partial charge in [-0.05, 0) is 37.6 Å². The standard InChI is InChI=1S/C21H26N2O8S/c1-12-9-14(7-8-17(12)28-3)32(26,27)23-13(2)20(24)22-16-11-19(30-5)18(29-4)10-15(16)21(25)31-6/h7-11,13,23H,1-6H3,(H,22,24)/t13-/m0/s1. The van der Waals surface area contributed by atoms with Gasteiger partial charge in [-0.1, -0.05) is 0 Å². The van der Waals surface area contributed by atoms with Crippen LogP contribution in [-0.2, 0) is 19.6 Å². The van der Waals surface area contributed by atoms with E-state index in [1.165, 1.54) is 65.7 Å². The Morgan fingerprint density at radius 2 is 1.50 bits per heavy atom. The molecule has 0 aromatic heterocycles. The Morgan fingerprint density at radius 3 is 2.03 bits per heavy atom. The van der Waals surface area contributed by atoms with Crippen LogP contribution in [0.25, 0.3) is 0 Å². The third-order valence-electron chi connectivity index (χ3n) is 4.59. The van der Waals surface area contributed by atoms with Gasteiger partial charge in [-0.3, -0.25) is 4.79 Å². The lowest BCUT2D eigenvalue weighted by Gasteiger charge is -2.18. The number of hydrogen-bond donors (Lipinski definition) is 2. The molecule has 174 valence electrons. The molecule has 0 aliphatic rings. The Balaban J connectivity index is 2.28. The summed E-state index contributed by atoms with van der Waals surface area (Å²) in [6, 6.07) is 5.92. The Labute approximate surface area is 186 Å². The van der Waals surface area contributed by atoms with Gasteiger partial charge < -0.3 is 24.3 Å². The summed E-state index contributed by atoms with van der Waals surface area (Å²) < 4.78 is 48.0. The van der Waals surface area contributed by atoms with Gasteiger partial charge in [0, 0.05) is 12.1 Å². The third kappa shape index (κ3) is 5.48. The molecule has 0 saturated carbocycles. The number of nitrogens with one attached hydrogen (secondary N) is 2. The van der Waals surface area contributed by atoms with E-state index < -0.39 is 27.9 Å². The maximum absolute atomic E-state index is 12.7. The summed E-state index contributed by atoms with van der Waals surface area (Å²) in [4.78, 5) is 24.9. The van der Waals surface area contributed by atoms with Crippen molar-refractivity contribution < 1.29 is 37.0 Å². The molecule has 11 heteroatoms. The Bertz CT molecular complexity index is 1120. The normalized spacial score (nSPS) is 11.9. The number of amides is 1. The van der Waals surface area contributed by atoms with Crippen molar-refractivity contribution in [3.63, 3.8) is 0 Å². The number of methoxy groups -OCH3 is 4. The summed E-state index contributed by atoms with van der Waals surface area (Å²) in [5.41, 5.74) is 0.714. The summed E-state index contributed by atoms with van der Waals surface area (Å²) in [6.07, 6.45) is 0. The zero-order chi connectivity index (χ0) is 24.1. The lowest BCUT2D eigenvalue weighted by Crippen LogP contribution is -2.41. The van der Waals surface area contributed by atoms with Crippen molar-refractivity contribution >= 4 is 27.6 Å². The number of esters is 1. The van der Waals surface area contributed by atoms with Crippen molar-refractivity contribution in [2.24, 2.45) is 0 Å².